The van der Waals surface area contributed by atoms with E-state index in [4.69, 9.17) is 9.84 Å². The summed E-state index contributed by atoms with van der Waals surface area (Å²) >= 11 is 0. The van der Waals surface area contributed by atoms with Crippen molar-refractivity contribution in [2.75, 3.05) is 26.7 Å². The molecule has 0 aromatic rings. The van der Waals surface area contributed by atoms with Crippen LogP contribution in [0.3, 0.4) is 0 Å². The third-order valence-electron chi connectivity index (χ3n) is 3.24. The van der Waals surface area contributed by atoms with Crippen molar-refractivity contribution in [3.63, 3.8) is 0 Å². The van der Waals surface area contributed by atoms with Gasteiger partial charge in [-0.15, -0.1) is 0 Å². The summed E-state index contributed by atoms with van der Waals surface area (Å²) in [6.45, 7) is 3.66. The van der Waals surface area contributed by atoms with Gasteiger partial charge < -0.3 is 9.84 Å². The van der Waals surface area contributed by atoms with Crippen LogP contribution in [0.1, 0.15) is 32.6 Å². The second kappa shape index (κ2) is 6.86. The molecule has 0 saturated heterocycles. The van der Waals surface area contributed by atoms with Crippen LogP contribution in [0.4, 0.5) is 0 Å². The minimum atomic E-state index is -0.784. The number of aliphatic carboxylic acids is 1. The Labute approximate surface area is 97.6 Å². The molecule has 0 aromatic carbocycles. The highest BCUT2D eigenvalue weighted by Crippen LogP contribution is 2.25. The first-order chi connectivity index (χ1) is 7.59. The van der Waals surface area contributed by atoms with Crippen LogP contribution in [-0.4, -0.2) is 48.8 Å². The van der Waals surface area contributed by atoms with Gasteiger partial charge in [-0.05, 0) is 25.8 Å². The van der Waals surface area contributed by atoms with Crippen molar-refractivity contribution in [1.29, 1.82) is 0 Å². The monoisotopic (exact) mass is 229 g/mol. The maximum atomic E-state index is 10.4. The Balaban J connectivity index is 2.11. The SMILES string of the molecule is CC1CCCCC1OCCN(C)CC(=O)O. The largest absolute Gasteiger partial charge is 0.480 e. The summed E-state index contributed by atoms with van der Waals surface area (Å²) in [7, 11) is 1.81. The molecule has 0 heterocycles. The number of hydrogen-bond donors (Lipinski definition) is 1. The van der Waals surface area contributed by atoms with E-state index in [9.17, 15) is 4.79 Å². The van der Waals surface area contributed by atoms with Gasteiger partial charge in [-0.25, -0.2) is 0 Å². The molecule has 1 fully saturated rings. The molecule has 1 aliphatic rings. The highest BCUT2D eigenvalue weighted by molar-refractivity contribution is 5.68. The van der Waals surface area contributed by atoms with Crippen LogP contribution < -0.4 is 0 Å². The van der Waals surface area contributed by atoms with Gasteiger partial charge in [0.15, 0.2) is 0 Å². The summed E-state index contributed by atoms with van der Waals surface area (Å²) in [6, 6.07) is 0. The lowest BCUT2D eigenvalue weighted by Gasteiger charge is -2.29. The summed E-state index contributed by atoms with van der Waals surface area (Å²) in [5.74, 6) is -0.132. The van der Waals surface area contributed by atoms with E-state index in [0.29, 0.717) is 25.2 Å². The summed E-state index contributed by atoms with van der Waals surface area (Å²) in [5, 5.41) is 8.59. The van der Waals surface area contributed by atoms with E-state index in [-0.39, 0.29) is 6.54 Å². The molecule has 0 spiro atoms. The molecule has 94 valence electrons. The average molecular weight is 229 g/mol. The molecule has 0 amide bonds. The molecule has 16 heavy (non-hydrogen) atoms. The average Bonchev–Trinajstić information content (AvgIpc) is 2.19. The zero-order chi connectivity index (χ0) is 12.0. The maximum absolute atomic E-state index is 10.4. The lowest BCUT2D eigenvalue weighted by molar-refractivity contribution is -0.138. The molecule has 1 saturated carbocycles. The Hall–Kier alpha value is -0.610. The van der Waals surface area contributed by atoms with Crippen molar-refractivity contribution in [2.45, 2.75) is 38.7 Å². The molecular formula is C12H23NO3. The van der Waals surface area contributed by atoms with Crippen molar-refractivity contribution in [3.8, 4) is 0 Å². The zero-order valence-corrected chi connectivity index (χ0v) is 10.3. The number of nitrogens with zero attached hydrogens (tertiary/aromatic N) is 1. The van der Waals surface area contributed by atoms with Crippen molar-refractivity contribution >= 4 is 5.97 Å². The van der Waals surface area contributed by atoms with Crippen LogP contribution >= 0.6 is 0 Å². The molecule has 2 atom stereocenters. The third-order valence-corrected chi connectivity index (χ3v) is 3.24. The maximum Gasteiger partial charge on any atom is 0.317 e. The first kappa shape index (κ1) is 13.5. The lowest BCUT2D eigenvalue weighted by Crippen LogP contribution is -2.32. The van der Waals surface area contributed by atoms with Crippen LogP contribution in [0, 0.1) is 5.92 Å². The van der Waals surface area contributed by atoms with Gasteiger partial charge in [0.2, 0.25) is 0 Å². The van der Waals surface area contributed by atoms with Crippen molar-refractivity contribution < 1.29 is 14.6 Å². The van der Waals surface area contributed by atoms with E-state index in [1.807, 2.05) is 7.05 Å². The molecule has 2 unspecified atom stereocenters. The highest BCUT2D eigenvalue weighted by atomic mass is 16.5. The molecule has 0 aromatic heterocycles. The number of carboxylic acids is 1. The van der Waals surface area contributed by atoms with Gasteiger partial charge in [0.05, 0.1) is 19.3 Å². The molecule has 1 aliphatic carbocycles. The molecule has 4 heteroatoms. The van der Waals surface area contributed by atoms with Gasteiger partial charge in [0, 0.05) is 6.54 Å². The minimum absolute atomic E-state index is 0.0869. The standard InChI is InChI=1S/C12H23NO3/c1-10-5-3-4-6-11(10)16-8-7-13(2)9-12(14)15/h10-11H,3-9H2,1-2H3,(H,14,15). The number of carbonyl (C=O) groups is 1. The predicted molar refractivity (Wildman–Crippen MR) is 62.5 cm³/mol. The number of rotatable bonds is 6. The van der Waals surface area contributed by atoms with Crippen LogP contribution in [0.15, 0.2) is 0 Å². The number of hydrogen-bond acceptors (Lipinski definition) is 3. The van der Waals surface area contributed by atoms with Gasteiger partial charge >= 0.3 is 5.97 Å². The van der Waals surface area contributed by atoms with Gasteiger partial charge in [0.25, 0.3) is 0 Å². The van der Waals surface area contributed by atoms with Crippen LogP contribution in [-0.2, 0) is 9.53 Å². The van der Waals surface area contributed by atoms with Crippen LogP contribution in [0.2, 0.25) is 0 Å². The normalized spacial score (nSPS) is 25.9. The summed E-state index contributed by atoms with van der Waals surface area (Å²) in [6.07, 6.45) is 5.38. The second-order valence-corrected chi connectivity index (χ2v) is 4.80. The summed E-state index contributed by atoms with van der Waals surface area (Å²) in [5.41, 5.74) is 0. The van der Waals surface area contributed by atoms with Gasteiger partial charge in [-0.3, -0.25) is 9.69 Å². The van der Waals surface area contributed by atoms with Crippen molar-refractivity contribution in [1.82, 2.24) is 4.90 Å². The van der Waals surface area contributed by atoms with Gasteiger partial charge in [-0.2, -0.15) is 0 Å². The van der Waals surface area contributed by atoms with Gasteiger partial charge in [-0.1, -0.05) is 19.8 Å². The molecule has 1 rings (SSSR count). The van der Waals surface area contributed by atoms with Crippen molar-refractivity contribution in [3.05, 3.63) is 0 Å². The topological polar surface area (TPSA) is 49.8 Å². The minimum Gasteiger partial charge on any atom is -0.480 e. The first-order valence-electron chi connectivity index (χ1n) is 6.11. The highest BCUT2D eigenvalue weighted by Gasteiger charge is 2.21. The fourth-order valence-electron chi connectivity index (χ4n) is 2.20. The Kier molecular flexibility index (Phi) is 5.77. The second-order valence-electron chi connectivity index (χ2n) is 4.80. The summed E-state index contributed by atoms with van der Waals surface area (Å²) in [4.78, 5) is 12.2. The quantitative estimate of drug-likeness (QED) is 0.751. The van der Waals surface area contributed by atoms with Crippen LogP contribution in [0.5, 0.6) is 0 Å². The van der Waals surface area contributed by atoms with E-state index >= 15 is 0 Å². The summed E-state index contributed by atoms with van der Waals surface area (Å²) < 4.78 is 5.81. The zero-order valence-electron chi connectivity index (χ0n) is 10.3. The van der Waals surface area contributed by atoms with Crippen LogP contribution in [0.25, 0.3) is 0 Å². The van der Waals surface area contributed by atoms with E-state index in [2.05, 4.69) is 6.92 Å². The predicted octanol–water partition coefficient (Wildman–Crippen LogP) is 1.60. The van der Waals surface area contributed by atoms with E-state index in [0.717, 1.165) is 6.42 Å². The molecular weight excluding hydrogens is 206 g/mol. The van der Waals surface area contributed by atoms with E-state index < -0.39 is 5.97 Å². The molecule has 1 N–H and O–H groups in total. The lowest BCUT2D eigenvalue weighted by atomic mass is 9.88. The molecule has 0 aliphatic heterocycles. The Morgan fingerprint density at radius 1 is 1.44 bits per heavy atom. The smallest absolute Gasteiger partial charge is 0.317 e. The number of likely N-dealkylation sites (N-methyl/N-ethyl adjacent to an activating group) is 1. The fourth-order valence-corrected chi connectivity index (χ4v) is 2.20. The molecule has 0 radical (unpaired) electrons. The first-order valence-corrected chi connectivity index (χ1v) is 6.11. The van der Waals surface area contributed by atoms with E-state index in [1.54, 1.807) is 4.90 Å². The number of carboxylic acid groups (broad SMARTS) is 1. The fraction of sp³-hybridized carbons (Fsp3) is 0.917. The Morgan fingerprint density at radius 3 is 2.75 bits per heavy atom. The molecule has 0 bridgehead atoms. The molecule has 4 nitrogen and oxygen atoms in total. The van der Waals surface area contributed by atoms with E-state index in [1.165, 1.54) is 19.3 Å². The van der Waals surface area contributed by atoms with Gasteiger partial charge in [0.1, 0.15) is 0 Å². The van der Waals surface area contributed by atoms with Crippen molar-refractivity contribution in [2.24, 2.45) is 5.92 Å². The third kappa shape index (κ3) is 4.94. The Bertz CT molecular complexity index is 220. The number of ether oxygens (including phenoxy) is 1. The Morgan fingerprint density at radius 2 is 2.12 bits per heavy atom.